The number of rotatable bonds is 5. The molecule has 8 nitrogen and oxygen atoms in total. The molecule has 0 N–H and O–H groups in total. The standard InChI is InChI=1S/C17H21N5O3/c1-19(17(23)13-21-12-16(11-18-21)22(24)25)14-7-9-20(10-8-14)15-5-3-2-4-6-15/h2-6,11-12,14H,7-10,13H2,1H3. The minimum Gasteiger partial charge on any atom is -0.371 e. The van der Waals surface area contributed by atoms with Gasteiger partial charge in [-0.15, -0.1) is 0 Å². The second-order valence-corrected chi connectivity index (χ2v) is 6.21. The van der Waals surface area contributed by atoms with Crippen LogP contribution in [0.1, 0.15) is 12.8 Å². The van der Waals surface area contributed by atoms with Crippen molar-refractivity contribution in [2.24, 2.45) is 0 Å². The molecule has 0 saturated carbocycles. The zero-order valence-corrected chi connectivity index (χ0v) is 14.1. The predicted octanol–water partition coefficient (Wildman–Crippen LogP) is 1.92. The van der Waals surface area contributed by atoms with E-state index in [-0.39, 0.29) is 24.2 Å². The van der Waals surface area contributed by atoms with Gasteiger partial charge in [0, 0.05) is 31.9 Å². The van der Waals surface area contributed by atoms with E-state index >= 15 is 0 Å². The molecule has 0 unspecified atom stereocenters. The molecule has 0 spiro atoms. The quantitative estimate of drug-likeness (QED) is 0.612. The summed E-state index contributed by atoms with van der Waals surface area (Å²) in [5.74, 6) is -0.0869. The van der Waals surface area contributed by atoms with Gasteiger partial charge in [-0.2, -0.15) is 5.10 Å². The van der Waals surface area contributed by atoms with Crippen molar-refractivity contribution in [1.29, 1.82) is 0 Å². The molecule has 0 aliphatic carbocycles. The van der Waals surface area contributed by atoms with Gasteiger partial charge in [0.15, 0.2) is 0 Å². The van der Waals surface area contributed by atoms with E-state index in [2.05, 4.69) is 22.1 Å². The summed E-state index contributed by atoms with van der Waals surface area (Å²) < 4.78 is 1.32. The first-order chi connectivity index (χ1) is 12.0. The van der Waals surface area contributed by atoms with Crippen LogP contribution in [0.2, 0.25) is 0 Å². The van der Waals surface area contributed by atoms with E-state index in [1.807, 2.05) is 18.2 Å². The molecule has 2 aromatic rings. The largest absolute Gasteiger partial charge is 0.371 e. The Hall–Kier alpha value is -2.90. The number of nitrogens with zero attached hydrogens (tertiary/aromatic N) is 5. The van der Waals surface area contributed by atoms with Crippen molar-refractivity contribution in [1.82, 2.24) is 14.7 Å². The lowest BCUT2D eigenvalue weighted by molar-refractivity contribution is -0.385. The number of aromatic nitrogens is 2. The molecule has 25 heavy (non-hydrogen) atoms. The monoisotopic (exact) mass is 343 g/mol. The van der Waals surface area contributed by atoms with E-state index in [0.717, 1.165) is 32.1 Å². The van der Waals surface area contributed by atoms with Gasteiger partial charge in [0.1, 0.15) is 18.9 Å². The van der Waals surface area contributed by atoms with Gasteiger partial charge >= 0.3 is 5.69 Å². The number of likely N-dealkylation sites (N-methyl/N-ethyl adjacent to an activating group) is 1. The van der Waals surface area contributed by atoms with Crippen molar-refractivity contribution in [3.63, 3.8) is 0 Å². The smallest absolute Gasteiger partial charge is 0.307 e. The van der Waals surface area contributed by atoms with E-state index in [4.69, 9.17) is 0 Å². The van der Waals surface area contributed by atoms with E-state index in [1.54, 1.807) is 11.9 Å². The molecule has 0 radical (unpaired) electrons. The zero-order chi connectivity index (χ0) is 17.8. The van der Waals surface area contributed by atoms with Crippen LogP contribution in [0.15, 0.2) is 42.7 Å². The molecular formula is C17H21N5O3. The highest BCUT2D eigenvalue weighted by Gasteiger charge is 2.26. The molecule has 0 bridgehead atoms. The van der Waals surface area contributed by atoms with Crippen LogP contribution >= 0.6 is 0 Å². The zero-order valence-electron chi connectivity index (χ0n) is 14.1. The topological polar surface area (TPSA) is 84.5 Å². The Morgan fingerprint density at radius 1 is 1.32 bits per heavy atom. The molecule has 3 rings (SSSR count). The fourth-order valence-corrected chi connectivity index (χ4v) is 3.14. The Kier molecular flexibility index (Phi) is 4.97. The summed E-state index contributed by atoms with van der Waals surface area (Å²) in [5, 5.41) is 14.6. The van der Waals surface area contributed by atoms with Crippen LogP contribution in [0.3, 0.4) is 0 Å². The Bertz CT molecular complexity index is 738. The van der Waals surface area contributed by atoms with Crippen molar-refractivity contribution < 1.29 is 9.72 Å². The van der Waals surface area contributed by atoms with Crippen molar-refractivity contribution in [2.75, 3.05) is 25.0 Å². The number of nitro groups is 1. The van der Waals surface area contributed by atoms with Gasteiger partial charge in [-0.3, -0.25) is 19.6 Å². The minimum atomic E-state index is -0.517. The summed E-state index contributed by atoms with van der Waals surface area (Å²) in [7, 11) is 1.79. The molecule has 1 aliphatic rings. The number of carbonyl (C=O) groups is 1. The second-order valence-electron chi connectivity index (χ2n) is 6.21. The Morgan fingerprint density at radius 2 is 2.00 bits per heavy atom. The molecule has 1 amide bonds. The average Bonchev–Trinajstić information content (AvgIpc) is 3.11. The third-order valence-corrected chi connectivity index (χ3v) is 4.65. The highest BCUT2D eigenvalue weighted by molar-refractivity contribution is 5.76. The molecule has 1 aromatic heterocycles. The van der Waals surface area contributed by atoms with E-state index in [0.29, 0.717) is 0 Å². The Morgan fingerprint density at radius 3 is 2.60 bits per heavy atom. The fraction of sp³-hybridized carbons (Fsp3) is 0.412. The maximum atomic E-state index is 12.4. The molecule has 0 atom stereocenters. The molecular weight excluding hydrogens is 322 g/mol. The van der Waals surface area contributed by atoms with Crippen molar-refractivity contribution in [2.45, 2.75) is 25.4 Å². The van der Waals surface area contributed by atoms with Crippen LogP contribution in [0.25, 0.3) is 0 Å². The molecule has 132 valence electrons. The van der Waals surface area contributed by atoms with Gasteiger partial charge in [0.25, 0.3) is 0 Å². The highest BCUT2D eigenvalue weighted by atomic mass is 16.6. The maximum absolute atomic E-state index is 12.4. The fourth-order valence-electron chi connectivity index (χ4n) is 3.14. The second kappa shape index (κ2) is 7.33. The van der Waals surface area contributed by atoms with Gasteiger partial charge in [-0.1, -0.05) is 18.2 Å². The van der Waals surface area contributed by atoms with Gasteiger partial charge < -0.3 is 9.80 Å². The maximum Gasteiger partial charge on any atom is 0.307 e. The summed E-state index contributed by atoms with van der Waals surface area (Å²) in [5.41, 5.74) is 1.10. The number of amides is 1. The molecule has 2 heterocycles. The molecule has 8 heteroatoms. The van der Waals surface area contributed by atoms with Gasteiger partial charge in [0.2, 0.25) is 5.91 Å². The van der Waals surface area contributed by atoms with Gasteiger partial charge in [-0.05, 0) is 25.0 Å². The Labute approximate surface area is 145 Å². The van der Waals surface area contributed by atoms with Crippen LogP contribution in [-0.4, -0.2) is 51.7 Å². The summed E-state index contributed by atoms with van der Waals surface area (Å²) in [6.45, 7) is 1.82. The van der Waals surface area contributed by atoms with E-state index < -0.39 is 4.92 Å². The van der Waals surface area contributed by atoms with Gasteiger partial charge in [-0.25, -0.2) is 0 Å². The predicted molar refractivity (Wildman–Crippen MR) is 93.3 cm³/mol. The van der Waals surface area contributed by atoms with Crippen molar-refractivity contribution in [3.8, 4) is 0 Å². The number of hydrogen-bond acceptors (Lipinski definition) is 5. The first-order valence-electron chi connectivity index (χ1n) is 8.27. The van der Waals surface area contributed by atoms with Crippen molar-refractivity contribution in [3.05, 3.63) is 52.8 Å². The number of carbonyl (C=O) groups excluding carboxylic acids is 1. The lowest BCUT2D eigenvalue weighted by atomic mass is 10.0. The number of benzene rings is 1. The lowest BCUT2D eigenvalue weighted by Gasteiger charge is -2.37. The normalized spacial score (nSPS) is 15.2. The first kappa shape index (κ1) is 16.9. The molecule has 1 aliphatic heterocycles. The minimum absolute atomic E-state index is 0.0171. The van der Waals surface area contributed by atoms with Crippen LogP contribution in [0.4, 0.5) is 11.4 Å². The SMILES string of the molecule is CN(C(=O)Cn1cc([N+](=O)[O-])cn1)C1CCN(c2ccccc2)CC1. The average molecular weight is 343 g/mol. The highest BCUT2D eigenvalue weighted by Crippen LogP contribution is 2.22. The Balaban J connectivity index is 1.53. The molecule has 1 fully saturated rings. The first-order valence-corrected chi connectivity index (χ1v) is 8.27. The van der Waals surface area contributed by atoms with Crippen LogP contribution < -0.4 is 4.90 Å². The van der Waals surface area contributed by atoms with Crippen molar-refractivity contribution >= 4 is 17.3 Å². The summed E-state index contributed by atoms with van der Waals surface area (Å²) >= 11 is 0. The van der Waals surface area contributed by atoms with E-state index in [1.165, 1.54) is 16.6 Å². The lowest BCUT2D eigenvalue weighted by Crippen LogP contribution is -2.46. The van der Waals surface area contributed by atoms with E-state index in [9.17, 15) is 14.9 Å². The summed E-state index contributed by atoms with van der Waals surface area (Å²) in [6, 6.07) is 10.4. The van der Waals surface area contributed by atoms with Crippen LogP contribution in [0.5, 0.6) is 0 Å². The van der Waals surface area contributed by atoms with Crippen LogP contribution in [0, 0.1) is 10.1 Å². The number of hydrogen-bond donors (Lipinski definition) is 0. The number of piperidine rings is 1. The summed E-state index contributed by atoms with van der Waals surface area (Å²) in [6.07, 6.45) is 4.24. The van der Waals surface area contributed by atoms with Crippen LogP contribution in [-0.2, 0) is 11.3 Å². The third-order valence-electron chi connectivity index (χ3n) is 4.65. The van der Waals surface area contributed by atoms with Gasteiger partial charge in [0.05, 0.1) is 4.92 Å². The number of para-hydroxylation sites is 1. The third kappa shape index (κ3) is 3.96. The molecule has 1 saturated heterocycles. The number of anilines is 1. The summed E-state index contributed by atoms with van der Waals surface area (Å²) in [4.78, 5) is 26.7. The molecule has 1 aromatic carbocycles.